The van der Waals surface area contributed by atoms with Crippen LogP contribution in [0.4, 0.5) is 10.2 Å². The van der Waals surface area contributed by atoms with Gasteiger partial charge < -0.3 is 10.6 Å². The highest BCUT2D eigenvalue weighted by Crippen LogP contribution is 2.16. The molecule has 0 aliphatic carbocycles. The second-order valence-corrected chi connectivity index (χ2v) is 4.45. The maximum Gasteiger partial charge on any atom is 0.242 e. The molecule has 17 heavy (non-hydrogen) atoms. The van der Waals surface area contributed by atoms with Gasteiger partial charge in [-0.05, 0) is 26.8 Å². The minimum absolute atomic E-state index is 0.0146. The van der Waals surface area contributed by atoms with Crippen LogP contribution in [0.25, 0.3) is 0 Å². The summed E-state index contributed by atoms with van der Waals surface area (Å²) in [6.45, 7) is 5.34. The maximum absolute atomic E-state index is 13.4. The first-order valence-corrected chi connectivity index (χ1v) is 5.66. The highest BCUT2D eigenvalue weighted by atomic mass is 35.5. The van der Waals surface area contributed by atoms with Crippen molar-refractivity contribution < 1.29 is 9.18 Å². The second-order valence-electron chi connectivity index (χ2n) is 4.01. The first-order chi connectivity index (χ1) is 7.90. The Balaban J connectivity index is 2.67. The average molecular weight is 260 g/mol. The fourth-order valence-electron chi connectivity index (χ4n) is 1.20. The zero-order valence-corrected chi connectivity index (χ0v) is 10.7. The van der Waals surface area contributed by atoms with E-state index in [-0.39, 0.29) is 22.8 Å². The summed E-state index contributed by atoms with van der Waals surface area (Å²) in [5.41, 5.74) is 0. The lowest BCUT2D eigenvalue weighted by Gasteiger charge is -2.16. The largest absolute Gasteiger partial charge is 0.356 e. The number of carbonyl (C=O) groups is 1. The number of pyridine rings is 1. The summed E-state index contributed by atoms with van der Waals surface area (Å²) in [6.07, 6.45) is 1.32. The fourth-order valence-corrected chi connectivity index (χ4v) is 1.35. The van der Waals surface area contributed by atoms with E-state index in [1.54, 1.807) is 6.92 Å². The topological polar surface area (TPSA) is 54.0 Å². The van der Waals surface area contributed by atoms with Crippen LogP contribution >= 0.6 is 11.6 Å². The van der Waals surface area contributed by atoms with Crippen molar-refractivity contribution in [2.45, 2.75) is 32.9 Å². The van der Waals surface area contributed by atoms with E-state index < -0.39 is 11.9 Å². The first-order valence-electron chi connectivity index (χ1n) is 5.28. The number of rotatable bonds is 4. The maximum atomic E-state index is 13.4. The number of nitrogens with zero attached hydrogens (tertiary/aromatic N) is 1. The Labute approximate surface area is 105 Å². The van der Waals surface area contributed by atoms with Gasteiger partial charge in [0.05, 0.1) is 5.02 Å². The molecule has 0 fully saturated rings. The zero-order chi connectivity index (χ0) is 13.0. The number of nitrogens with one attached hydrogen (secondary N) is 2. The van der Waals surface area contributed by atoms with Crippen LogP contribution in [0, 0.1) is 5.82 Å². The van der Waals surface area contributed by atoms with Crippen LogP contribution < -0.4 is 10.6 Å². The Morgan fingerprint density at radius 1 is 1.47 bits per heavy atom. The molecule has 0 aliphatic rings. The molecule has 1 aromatic heterocycles. The molecule has 1 unspecified atom stereocenters. The van der Waals surface area contributed by atoms with Gasteiger partial charge in [-0.25, -0.2) is 9.37 Å². The van der Waals surface area contributed by atoms with Gasteiger partial charge in [0, 0.05) is 12.2 Å². The summed E-state index contributed by atoms with van der Waals surface area (Å²) < 4.78 is 13.4. The van der Waals surface area contributed by atoms with Gasteiger partial charge in [0.2, 0.25) is 5.91 Å². The lowest BCUT2D eigenvalue weighted by Crippen LogP contribution is -2.41. The number of aromatic nitrogens is 1. The van der Waals surface area contributed by atoms with Gasteiger partial charge in [-0.1, -0.05) is 11.6 Å². The standard InChI is InChI=1S/C11H15ClFN3O/c1-6(2)15-11(17)7(3)16-10-9(13)4-8(12)5-14-10/h4-7H,1-3H3,(H,14,16)(H,15,17). The van der Waals surface area contributed by atoms with E-state index in [0.717, 1.165) is 6.07 Å². The number of anilines is 1. The summed E-state index contributed by atoms with van der Waals surface area (Å²) in [4.78, 5) is 15.4. The molecule has 94 valence electrons. The van der Waals surface area contributed by atoms with Gasteiger partial charge in [0.25, 0.3) is 0 Å². The van der Waals surface area contributed by atoms with Gasteiger partial charge >= 0.3 is 0 Å². The van der Waals surface area contributed by atoms with E-state index in [0.29, 0.717) is 0 Å². The molecule has 1 aromatic rings. The molecule has 1 atom stereocenters. The molecule has 4 nitrogen and oxygen atoms in total. The van der Waals surface area contributed by atoms with E-state index in [4.69, 9.17) is 11.6 Å². The molecule has 0 aromatic carbocycles. The highest BCUT2D eigenvalue weighted by molar-refractivity contribution is 6.30. The second kappa shape index (κ2) is 5.82. The molecular weight excluding hydrogens is 245 g/mol. The molecule has 1 heterocycles. The molecule has 0 bridgehead atoms. The molecule has 0 aliphatic heterocycles. The van der Waals surface area contributed by atoms with Crippen LogP contribution in [0.5, 0.6) is 0 Å². The van der Waals surface area contributed by atoms with Crippen molar-refractivity contribution in [3.63, 3.8) is 0 Å². The Morgan fingerprint density at radius 2 is 2.12 bits per heavy atom. The van der Waals surface area contributed by atoms with Gasteiger partial charge in [-0.3, -0.25) is 4.79 Å². The SMILES string of the molecule is CC(C)NC(=O)C(C)Nc1ncc(Cl)cc1F. The Hall–Kier alpha value is -1.36. The molecule has 2 N–H and O–H groups in total. The number of halogens is 2. The van der Waals surface area contributed by atoms with Gasteiger partial charge in [0.15, 0.2) is 11.6 Å². The molecule has 6 heteroatoms. The third-order valence-corrected chi connectivity index (χ3v) is 2.19. The predicted molar refractivity (Wildman–Crippen MR) is 65.6 cm³/mol. The molecule has 0 radical (unpaired) electrons. The quantitative estimate of drug-likeness (QED) is 0.872. The van der Waals surface area contributed by atoms with E-state index in [1.807, 2.05) is 13.8 Å². The third kappa shape index (κ3) is 4.19. The lowest BCUT2D eigenvalue weighted by atomic mass is 10.2. The van der Waals surface area contributed by atoms with Crippen molar-refractivity contribution in [3.05, 3.63) is 23.1 Å². The smallest absolute Gasteiger partial charge is 0.242 e. The van der Waals surface area contributed by atoms with Crippen LogP contribution in [0.2, 0.25) is 5.02 Å². The van der Waals surface area contributed by atoms with E-state index in [2.05, 4.69) is 15.6 Å². The van der Waals surface area contributed by atoms with Crippen LogP contribution in [0.15, 0.2) is 12.3 Å². The Bertz CT molecular complexity index is 412. The normalized spacial score (nSPS) is 12.4. The van der Waals surface area contributed by atoms with Crippen LogP contribution in [-0.4, -0.2) is 23.0 Å². The molecule has 1 amide bonds. The number of hydrogen-bond donors (Lipinski definition) is 2. The predicted octanol–water partition coefficient (Wildman–Crippen LogP) is 2.20. The van der Waals surface area contributed by atoms with Gasteiger partial charge in [0.1, 0.15) is 6.04 Å². The van der Waals surface area contributed by atoms with E-state index in [1.165, 1.54) is 6.20 Å². The van der Waals surface area contributed by atoms with Crippen molar-refractivity contribution in [1.82, 2.24) is 10.3 Å². The first kappa shape index (κ1) is 13.7. The van der Waals surface area contributed by atoms with E-state index in [9.17, 15) is 9.18 Å². The zero-order valence-electron chi connectivity index (χ0n) is 9.92. The minimum atomic E-state index is -0.582. The number of carbonyl (C=O) groups excluding carboxylic acids is 1. The lowest BCUT2D eigenvalue weighted by molar-refractivity contribution is -0.122. The molecule has 1 rings (SSSR count). The molecule has 0 spiro atoms. The van der Waals surface area contributed by atoms with Gasteiger partial charge in [-0.2, -0.15) is 0 Å². The number of amides is 1. The van der Waals surface area contributed by atoms with Crippen molar-refractivity contribution in [1.29, 1.82) is 0 Å². The molecule has 0 saturated heterocycles. The monoisotopic (exact) mass is 259 g/mol. The summed E-state index contributed by atoms with van der Waals surface area (Å²) in [7, 11) is 0. The van der Waals surface area contributed by atoms with Crippen molar-refractivity contribution >= 4 is 23.3 Å². The number of hydrogen-bond acceptors (Lipinski definition) is 3. The van der Waals surface area contributed by atoms with Crippen molar-refractivity contribution in [3.8, 4) is 0 Å². The van der Waals surface area contributed by atoms with Gasteiger partial charge in [-0.15, -0.1) is 0 Å². The fraction of sp³-hybridized carbons (Fsp3) is 0.455. The van der Waals surface area contributed by atoms with Crippen LogP contribution in [-0.2, 0) is 4.79 Å². The highest BCUT2D eigenvalue weighted by Gasteiger charge is 2.15. The van der Waals surface area contributed by atoms with Crippen molar-refractivity contribution in [2.24, 2.45) is 0 Å². The summed E-state index contributed by atoms with van der Waals surface area (Å²) in [5, 5.41) is 5.62. The summed E-state index contributed by atoms with van der Waals surface area (Å²) in [5.74, 6) is -0.779. The molecular formula is C11H15ClFN3O. The third-order valence-electron chi connectivity index (χ3n) is 1.99. The molecule has 0 saturated carbocycles. The van der Waals surface area contributed by atoms with Crippen LogP contribution in [0.3, 0.4) is 0 Å². The Morgan fingerprint density at radius 3 is 2.65 bits per heavy atom. The van der Waals surface area contributed by atoms with Crippen molar-refractivity contribution in [2.75, 3.05) is 5.32 Å². The summed E-state index contributed by atoms with van der Waals surface area (Å²) >= 11 is 5.58. The summed E-state index contributed by atoms with van der Waals surface area (Å²) in [6, 6.07) is 0.611. The minimum Gasteiger partial charge on any atom is -0.356 e. The Kier molecular flexibility index (Phi) is 4.69. The van der Waals surface area contributed by atoms with Crippen LogP contribution in [0.1, 0.15) is 20.8 Å². The van der Waals surface area contributed by atoms with E-state index >= 15 is 0 Å². The average Bonchev–Trinajstić information content (AvgIpc) is 2.21.